The number of carbonyl (C=O) groups is 1. The van der Waals surface area contributed by atoms with Gasteiger partial charge in [-0.3, -0.25) is 4.79 Å². The molecule has 126 valence electrons. The van der Waals surface area contributed by atoms with E-state index >= 15 is 0 Å². The predicted octanol–water partition coefficient (Wildman–Crippen LogP) is 2.70. The van der Waals surface area contributed by atoms with Gasteiger partial charge in [-0.25, -0.2) is 0 Å². The van der Waals surface area contributed by atoms with Crippen molar-refractivity contribution in [2.45, 2.75) is 37.1 Å². The minimum absolute atomic E-state index is 0.0569. The second-order valence-corrected chi connectivity index (χ2v) is 6.79. The molecule has 1 aromatic carbocycles. The minimum atomic E-state index is -0.170. The Morgan fingerprint density at radius 1 is 1.29 bits per heavy atom. The van der Waals surface area contributed by atoms with Crippen molar-refractivity contribution in [3.63, 3.8) is 0 Å². The summed E-state index contributed by atoms with van der Waals surface area (Å²) in [7, 11) is 0. The number of aromatic nitrogens is 2. The number of nitrogens with two attached hydrogens (primary N) is 1. The average molecular weight is 345 g/mol. The van der Waals surface area contributed by atoms with E-state index in [2.05, 4.69) is 21.6 Å². The average Bonchev–Trinajstić information content (AvgIpc) is 2.63. The second kappa shape index (κ2) is 7.28. The molecule has 3 rings (SSSR count). The number of rotatable bonds is 4. The first-order valence-corrected chi connectivity index (χ1v) is 8.55. The van der Waals surface area contributed by atoms with Gasteiger partial charge in [-0.05, 0) is 55.5 Å². The molecule has 1 aliphatic carbocycles. The quantitative estimate of drug-likeness (QED) is 0.893. The largest absolute Gasteiger partial charge is 0.348 e. The van der Waals surface area contributed by atoms with Gasteiger partial charge in [0.05, 0.1) is 0 Å². The van der Waals surface area contributed by atoms with Gasteiger partial charge < -0.3 is 11.1 Å². The molecule has 1 fully saturated rings. The Balaban J connectivity index is 1.65. The van der Waals surface area contributed by atoms with Crippen molar-refractivity contribution in [1.82, 2.24) is 15.5 Å². The van der Waals surface area contributed by atoms with Crippen LogP contribution in [-0.4, -0.2) is 28.7 Å². The number of carbonyl (C=O) groups excluding carboxylic acids is 1. The lowest BCUT2D eigenvalue weighted by atomic mass is 9.68. The van der Waals surface area contributed by atoms with Crippen LogP contribution in [-0.2, 0) is 5.41 Å². The van der Waals surface area contributed by atoms with Crippen molar-refractivity contribution in [1.29, 1.82) is 0 Å². The van der Waals surface area contributed by atoms with Gasteiger partial charge in [-0.15, -0.1) is 5.10 Å². The molecule has 5 nitrogen and oxygen atoms in total. The van der Waals surface area contributed by atoms with E-state index in [1.54, 1.807) is 18.3 Å². The molecular weight excluding hydrogens is 324 g/mol. The first-order chi connectivity index (χ1) is 11.6. The maximum absolute atomic E-state index is 12.2. The van der Waals surface area contributed by atoms with Gasteiger partial charge in [-0.1, -0.05) is 23.7 Å². The Morgan fingerprint density at radius 2 is 2.08 bits per heavy atom. The van der Waals surface area contributed by atoms with Crippen molar-refractivity contribution < 1.29 is 4.79 Å². The van der Waals surface area contributed by atoms with Gasteiger partial charge in [0, 0.05) is 29.2 Å². The second-order valence-electron chi connectivity index (χ2n) is 6.35. The zero-order valence-corrected chi connectivity index (χ0v) is 14.2. The van der Waals surface area contributed by atoms with Gasteiger partial charge in [-0.2, -0.15) is 5.10 Å². The van der Waals surface area contributed by atoms with Crippen molar-refractivity contribution in [2.24, 2.45) is 5.73 Å². The number of nitrogens with zero attached hydrogens (tertiary/aromatic N) is 2. The molecule has 1 aromatic heterocycles. The van der Waals surface area contributed by atoms with Crippen molar-refractivity contribution in [3.05, 3.63) is 58.9 Å². The van der Waals surface area contributed by atoms with E-state index in [9.17, 15) is 4.79 Å². The molecule has 1 heterocycles. The third-order valence-corrected chi connectivity index (χ3v) is 5.15. The normalized spacial score (nSPS) is 23.7. The molecule has 2 aromatic rings. The van der Waals surface area contributed by atoms with E-state index in [-0.39, 0.29) is 17.4 Å². The zero-order valence-electron chi connectivity index (χ0n) is 13.4. The summed E-state index contributed by atoms with van der Waals surface area (Å²) in [6, 6.07) is 11.5. The molecule has 0 bridgehead atoms. The Bertz CT molecular complexity index is 699. The van der Waals surface area contributed by atoms with Crippen LogP contribution in [0.25, 0.3) is 0 Å². The highest BCUT2D eigenvalue weighted by Crippen LogP contribution is 2.39. The van der Waals surface area contributed by atoms with Gasteiger partial charge in [0.1, 0.15) is 0 Å². The first kappa shape index (κ1) is 16.9. The summed E-state index contributed by atoms with van der Waals surface area (Å²) in [5.74, 6) is -0.170. The highest BCUT2D eigenvalue weighted by molar-refractivity contribution is 6.30. The van der Waals surface area contributed by atoms with Gasteiger partial charge >= 0.3 is 0 Å². The molecule has 1 aliphatic rings. The van der Waals surface area contributed by atoms with E-state index in [0.29, 0.717) is 12.2 Å². The Kier molecular flexibility index (Phi) is 5.11. The van der Waals surface area contributed by atoms with Crippen molar-refractivity contribution in [3.8, 4) is 0 Å². The van der Waals surface area contributed by atoms with Gasteiger partial charge in [0.2, 0.25) is 0 Å². The topological polar surface area (TPSA) is 80.9 Å². The summed E-state index contributed by atoms with van der Waals surface area (Å²) >= 11 is 6.14. The monoisotopic (exact) mass is 344 g/mol. The molecule has 24 heavy (non-hydrogen) atoms. The molecule has 0 radical (unpaired) electrons. The minimum Gasteiger partial charge on any atom is -0.348 e. The lowest BCUT2D eigenvalue weighted by Gasteiger charge is -2.40. The van der Waals surface area contributed by atoms with E-state index in [4.69, 9.17) is 17.3 Å². The number of nitrogens with one attached hydrogen (secondary N) is 1. The molecule has 0 spiro atoms. The van der Waals surface area contributed by atoms with Crippen LogP contribution in [0.2, 0.25) is 5.02 Å². The molecule has 0 atom stereocenters. The fourth-order valence-corrected chi connectivity index (χ4v) is 3.62. The molecule has 1 amide bonds. The fourth-order valence-electron chi connectivity index (χ4n) is 3.43. The predicted molar refractivity (Wildman–Crippen MR) is 93.9 cm³/mol. The third kappa shape index (κ3) is 3.57. The summed E-state index contributed by atoms with van der Waals surface area (Å²) in [6.45, 7) is 0.582. The van der Waals surface area contributed by atoms with E-state index < -0.39 is 0 Å². The van der Waals surface area contributed by atoms with Crippen molar-refractivity contribution >= 4 is 17.5 Å². The maximum Gasteiger partial charge on any atom is 0.272 e. The van der Waals surface area contributed by atoms with Crippen LogP contribution >= 0.6 is 11.6 Å². The van der Waals surface area contributed by atoms with Crippen LogP contribution in [0.5, 0.6) is 0 Å². The van der Waals surface area contributed by atoms with E-state index in [0.717, 1.165) is 30.7 Å². The molecule has 0 saturated heterocycles. The van der Waals surface area contributed by atoms with Crippen LogP contribution in [0.4, 0.5) is 0 Å². The summed E-state index contributed by atoms with van der Waals surface area (Å²) in [5, 5.41) is 11.4. The SMILES string of the molecule is NC[C@]1(c2cccc(Cl)c2)CC[C@H](NC(=O)c2cccnn2)CC1. The zero-order chi connectivity index (χ0) is 17.0. The lowest BCUT2D eigenvalue weighted by Crippen LogP contribution is -2.45. The molecule has 0 unspecified atom stereocenters. The van der Waals surface area contributed by atoms with Crippen molar-refractivity contribution in [2.75, 3.05) is 6.54 Å². The third-order valence-electron chi connectivity index (χ3n) is 4.91. The number of hydrogen-bond acceptors (Lipinski definition) is 4. The summed E-state index contributed by atoms with van der Waals surface area (Å²) < 4.78 is 0. The smallest absolute Gasteiger partial charge is 0.272 e. The summed E-state index contributed by atoms with van der Waals surface area (Å²) in [6.07, 6.45) is 5.17. The first-order valence-electron chi connectivity index (χ1n) is 8.18. The van der Waals surface area contributed by atoms with Crippen LogP contribution < -0.4 is 11.1 Å². The van der Waals surface area contributed by atoms with Crippen LogP contribution in [0.15, 0.2) is 42.6 Å². The fraction of sp³-hybridized carbons (Fsp3) is 0.389. The van der Waals surface area contributed by atoms with E-state index in [1.807, 2.05) is 18.2 Å². The number of amides is 1. The van der Waals surface area contributed by atoms with Gasteiger partial charge in [0.25, 0.3) is 5.91 Å². The highest BCUT2D eigenvalue weighted by atomic mass is 35.5. The number of benzene rings is 1. The number of halogens is 1. The maximum atomic E-state index is 12.2. The Morgan fingerprint density at radius 3 is 2.71 bits per heavy atom. The van der Waals surface area contributed by atoms with E-state index in [1.165, 1.54) is 5.56 Å². The number of hydrogen-bond donors (Lipinski definition) is 2. The van der Waals surface area contributed by atoms with Crippen LogP contribution in [0.3, 0.4) is 0 Å². The molecule has 0 aliphatic heterocycles. The molecular formula is C18H21ClN4O. The van der Waals surface area contributed by atoms with Gasteiger partial charge in [0.15, 0.2) is 5.69 Å². The highest BCUT2D eigenvalue weighted by Gasteiger charge is 2.36. The Labute approximate surface area is 146 Å². The van der Waals surface area contributed by atoms with Crippen LogP contribution in [0.1, 0.15) is 41.7 Å². The lowest BCUT2D eigenvalue weighted by molar-refractivity contribution is 0.0912. The molecule has 6 heteroatoms. The summed E-state index contributed by atoms with van der Waals surface area (Å²) in [4.78, 5) is 12.2. The standard InChI is InChI=1S/C18H21ClN4O/c19-14-4-1-3-13(11-14)18(12-20)8-6-15(7-9-18)22-17(24)16-5-2-10-21-23-16/h1-5,10-11,15H,6-9,12,20H2,(H,22,24)/t15-,18-. The molecule has 3 N–H and O–H groups in total. The summed E-state index contributed by atoms with van der Waals surface area (Å²) in [5.41, 5.74) is 7.59. The Hall–Kier alpha value is -1.98. The van der Waals surface area contributed by atoms with Crippen LogP contribution in [0, 0.1) is 0 Å². The molecule has 1 saturated carbocycles.